The number of nitrogens with zero attached hydrogens (tertiary/aromatic N) is 4. The van der Waals surface area contributed by atoms with E-state index in [1.165, 1.54) is 57.8 Å². The molecule has 0 aromatic carbocycles. The predicted molar refractivity (Wildman–Crippen MR) is 127 cm³/mol. The highest BCUT2D eigenvalue weighted by atomic mass is 32.1. The van der Waals surface area contributed by atoms with Crippen LogP contribution in [0.3, 0.4) is 0 Å². The normalized spacial score (nSPS) is 23.7. The van der Waals surface area contributed by atoms with Crippen LogP contribution < -0.4 is 20.4 Å². The van der Waals surface area contributed by atoms with Gasteiger partial charge in [-0.15, -0.1) is 0 Å². The first-order chi connectivity index (χ1) is 14.7. The van der Waals surface area contributed by atoms with Gasteiger partial charge in [-0.05, 0) is 51.2 Å². The number of morpholine rings is 1. The highest BCUT2D eigenvalue weighted by molar-refractivity contribution is 7.80. The number of piperidine rings is 1. The Labute approximate surface area is 186 Å². The first-order valence-electron chi connectivity index (χ1n) is 11.7. The van der Waals surface area contributed by atoms with Crippen molar-refractivity contribution in [3.05, 3.63) is 6.07 Å². The third-order valence-corrected chi connectivity index (χ3v) is 6.77. The standard InChI is InChI=1S/C22H36N6OS/c1-17-8-6-7-11-28(17)20-16-19(27-12-14-29-15-13-27)24-21(25-20)26-22(30)23-18-9-4-2-3-5-10-18/h16-18H,2-15H2,1H3,(H2,23,24,25,26,30). The predicted octanol–water partition coefficient (Wildman–Crippen LogP) is 3.70. The van der Waals surface area contributed by atoms with Gasteiger partial charge in [-0.3, -0.25) is 0 Å². The Morgan fingerprint density at radius 3 is 2.40 bits per heavy atom. The zero-order valence-electron chi connectivity index (χ0n) is 18.2. The van der Waals surface area contributed by atoms with E-state index in [4.69, 9.17) is 26.9 Å². The van der Waals surface area contributed by atoms with Crippen LogP contribution in [0.5, 0.6) is 0 Å². The average molecular weight is 433 g/mol. The Morgan fingerprint density at radius 2 is 1.67 bits per heavy atom. The van der Waals surface area contributed by atoms with Crippen LogP contribution in [0, 0.1) is 0 Å². The fraction of sp³-hybridized carbons (Fsp3) is 0.773. The molecule has 30 heavy (non-hydrogen) atoms. The molecule has 0 spiro atoms. The number of anilines is 3. The van der Waals surface area contributed by atoms with E-state index in [-0.39, 0.29) is 0 Å². The molecule has 2 saturated heterocycles. The monoisotopic (exact) mass is 432 g/mol. The van der Waals surface area contributed by atoms with Crippen LogP contribution >= 0.6 is 12.2 Å². The summed E-state index contributed by atoms with van der Waals surface area (Å²) in [6.45, 7) is 6.53. The van der Waals surface area contributed by atoms with Crippen LogP contribution in [-0.2, 0) is 4.74 Å². The van der Waals surface area contributed by atoms with E-state index in [2.05, 4.69) is 33.4 Å². The fourth-order valence-corrected chi connectivity index (χ4v) is 5.02. The Bertz CT molecular complexity index is 703. The summed E-state index contributed by atoms with van der Waals surface area (Å²) >= 11 is 5.63. The maximum absolute atomic E-state index is 5.63. The third-order valence-electron chi connectivity index (χ3n) is 6.55. The molecule has 0 amide bonds. The molecule has 1 saturated carbocycles. The smallest absolute Gasteiger partial charge is 0.232 e. The zero-order chi connectivity index (χ0) is 20.8. The van der Waals surface area contributed by atoms with Gasteiger partial charge < -0.3 is 25.2 Å². The second kappa shape index (κ2) is 10.6. The molecule has 0 radical (unpaired) electrons. The van der Waals surface area contributed by atoms with Crippen molar-refractivity contribution < 1.29 is 4.74 Å². The van der Waals surface area contributed by atoms with Crippen LogP contribution in [0.25, 0.3) is 0 Å². The zero-order valence-corrected chi connectivity index (χ0v) is 19.1. The third kappa shape index (κ3) is 5.72. The SMILES string of the molecule is CC1CCCCN1c1cc(N2CCOCC2)nc(NC(=S)NC2CCCCCC2)n1. The lowest BCUT2D eigenvalue weighted by molar-refractivity contribution is 0.122. The Morgan fingerprint density at radius 1 is 0.967 bits per heavy atom. The van der Waals surface area contributed by atoms with Crippen molar-refractivity contribution in [2.45, 2.75) is 76.8 Å². The lowest BCUT2D eigenvalue weighted by Gasteiger charge is -2.35. The van der Waals surface area contributed by atoms with Gasteiger partial charge in [-0.25, -0.2) is 0 Å². The first kappa shape index (κ1) is 21.6. The van der Waals surface area contributed by atoms with Crippen molar-refractivity contribution in [1.82, 2.24) is 15.3 Å². The summed E-state index contributed by atoms with van der Waals surface area (Å²) in [5, 5.41) is 7.44. The molecule has 166 valence electrons. The molecule has 1 aromatic heterocycles. The summed E-state index contributed by atoms with van der Waals surface area (Å²) in [7, 11) is 0. The van der Waals surface area contributed by atoms with Crippen molar-refractivity contribution in [2.24, 2.45) is 0 Å². The van der Waals surface area contributed by atoms with E-state index >= 15 is 0 Å². The van der Waals surface area contributed by atoms with Crippen molar-refractivity contribution in [3.8, 4) is 0 Å². The lowest BCUT2D eigenvalue weighted by Crippen LogP contribution is -2.40. The minimum Gasteiger partial charge on any atom is -0.378 e. The van der Waals surface area contributed by atoms with Gasteiger partial charge in [0.2, 0.25) is 5.95 Å². The molecule has 7 nitrogen and oxygen atoms in total. The minimum atomic E-state index is 0.455. The highest BCUT2D eigenvalue weighted by Gasteiger charge is 2.23. The fourth-order valence-electron chi connectivity index (χ4n) is 4.76. The molecule has 8 heteroatoms. The first-order valence-corrected chi connectivity index (χ1v) is 12.2. The minimum absolute atomic E-state index is 0.455. The van der Waals surface area contributed by atoms with E-state index in [0.29, 0.717) is 23.1 Å². The van der Waals surface area contributed by atoms with E-state index < -0.39 is 0 Å². The largest absolute Gasteiger partial charge is 0.378 e. The van der Waals surface area contributed by atoms with Crippen molar-refractivity contribution in [3.63, 3.8) is 0 Å². The maximum atomic E-state index is 5.63. The van der Waals surface area contributed by atoms with Gasteiger partial charge in [0.1, 0.15) is 11.6 Å². The summed E-state index contributed by atoms with van der Waals surface area (Å²) in [6, 6.07) is 3.09. The molecule has 1 unspecified atom stereocenters. The van der Waals surface area contributed by atoms with Crippen molar-refractivity contribution >= 4 is 34.9 Å². The van der Waals surface area contributed by atoms with Crippen LogP contribution in [0.1, 0.15) is 64.7 Å². The van der Waals surface area contributed by atoms with Gasteiger partial charge in [-0.2, -0.15) is 9.97 Å². The molecule has 3 heterocycles. The molecular formula is C22H36N6OS. The van der Waals surface area contributed by atoms with Gasteiger partial charge in [0, 0.05) is 37.8 Å². The van der Waals surface area contributed by atoms with Crippen LogP contribution in [0.2, 0.25) is 0 Å². The van der Waals surface area contributed by atoms with Crippen LogP contribution in [0.4, 0.5) is 17.6 Å². The molecule has 3 aliphatic rings. The number of hydrogen-bond acceptors (Lipinski definition) is 6. The Hall–Kier alpha value is -1.67. The number of rotatable bonds is 4. The second-order valence-electron chi connectivity index (χ2n) is 8.83. The van der Waals surface area contributed by atoms with E-state index in [0.717, 1.165) is 44.5 Å². The highest BCUT2D eigenvalue weighted by Crippen LogP contribution is 2.27. The molecule has 3 fully saturated rings. The molecular weight excluding hydrogens is 396 g/mol. The van der Waals surface area contributed by atoms with E-state index in [9.17, 15) is 0 Å². The lowest BCUT2D eigenvalue weighted by atomic mass is 10.0. The molecule has 2 aliphatic heterocycles. The number of aromatic nitrogens is 2. The molecule has 2 N–H and O–H groups in total. The Balaban J connectivity index is 1.51. The molecule has 4 rings (SSSR count). The van der Waals surface area contributed by atoms with Gasteiger partial charge in [0.05, 0.1) is 13.2 Å². The van der Waals surface area contributed by atoms with Crippen molar-refractivity contribution in [2.75, 3.05) is 48.0 Å². The van der Waals surface area contributed by atoms with Gasteiger partial charge in [0.15, 0.2) is 5.11 Å². The quantitative estimate of drug-likeness (QED) is 0.552. The summed E-state index contributed by atoms with van der Waals surface area (Å²) in [6.07, 6.45) is 11.3. The number of ether oxygens (including phenoxy) is 1. The van der Waals surface area contributed by atoms with Gasteiger partial charge in [0.25, 0.3) is 0 Å². The number of hydrogen-bond donors (Lipinski definition) is 2. The van der Waals surface area contributed by atoms with Gasteiger partial charge >= 0.3 is 0 Å². The summed E-state index contributed by atoms with van der Waals surface area (Å²) in [4.78, 5) is 14.4. The van der Waals surface area contributed by atoms with Crippen LogP contribution in [0.15, 0.2) is 6.07 Å². The summed E-state index contributed by atoms with van der Waals surface area (Å²) < 4.78 is 5.53. The molecule has 1 aromatic rings. The Kier molecular flexibility index (Phi) is 7.60. The summed E-state index contributed by atoms with van der Waals surface area (Å²) in [5.41, 5.74) is 0. The molecule has 1 aliphatic carbocycles. The van der Waals surface area contributed by atoms with Gasteiger partial charge in [-0.1, -0.05) is 25.7 Å². The van der Waals surface area contributed by atoms with Crippen molar-refractivity contribution in [1.29, 1.82) is 0 Å². The molecule has 1 atom stereocenters. The number of thiocarbonyl (C=S) groups is 1. The average Bonchev–Trinajstić information content (AvgIpc) is 3.03. The number of nitrogens with one attached hydrogen (secondary N) is 2. The topological polar surface area (TPSA) is 65.6 Å². The van der Waals surface area contributed by atoms with Crippen LogP contribution in [-0.4, -0.2) is 60.0 Å². The maximum Gasteiger partial charge on any atom is 0.232 e. The molecule has 0 bridgehead atoms. The van der Waals surface area contributed by atoms with E-state index in [1.807, 2.05) is 0 Å². The van der Waals surface area contributed by atoms with E-state index in [1.54, 1.807) is 0 Å². The summed E-state index contributed by atoms with van der Waals surface area (Å²) in [5.74, 6) is 2.55. The second-order valence-corrected chi connectivity index (χ2v) is 9.24.